The molecule has 0 aromatic heterocycles. The first kappa shape index (κ1) is 16.0. The molecule has 18 heavy (non-hydrogen) atoms. The predicted octanol–water partition coefficient (Wildman–Crippen LogP) is 4.53. The molecule has 0 spiro atoms. The van der Waals surface area contributed by atoms with Crippen LogP contribution in [0.15, 0.2) is 0 Å². The molecular formula is C16H34N2. The fourth-order valence-electron chi connectivity index (χ4n) is 3.92. The minimum atomic E-state index is 1.11. The van der Waals surface area contributed by atoms with Gasteiger partial charge in [0, 0.05) is 0 Å². The Hall–Kier alpha value is -0.0800. The third-order valence-electron chi connectivity index (χ3n) is 4.97. The van der Waals surface area contributed by atoms with Gasteiger partial charge in [0.05, 0.1) is 0 Å². The minimum absolute atomic E-state index is 1.11. The third-order valence-corrected chi connectivity index (χ3v) is 4.97. The molecule has 0 bridgehead atoms. The molecule has 0 heterocycles. The van der Waals surface area contributed by atoms with Crippen molar-refractivity contribution >= 4 is 0 Å². The molecule has 108 valence electrons. The molecule has 0 aliphatic heterocycles. The molecule has 4 N–H and O–H groups in total. The van der Waals surface area contributed by atoms with Gasteiger partial charge in [0.2, 0.25) is 0 Å². The van der Waals surface area contributed by atoms with Crippen LogP contribution in [0.3, 0.4) is 0 Å². The van der Waals surface area contributed by atoms with Crippen LogP contribution in [0, 0.1) is 11.8 Å². The Labute approximate surface area is 114 Å². The number of nitrogens with two attached hydrogens (primary N) is 2. The highest BCUT2D eigenvalue weighted by atomic mass is 15.0. The predicted molar refractivity (Wildman–Crippen MR) is 80.0 cm³/mol. The van der Waals surface area contributed by atoms with Crippen molar-refractivity contribution in [3.05, 3.63) is 0 Å². The Bertz CT molecular complexity index is 146. The van der Waals surface area contributed by atoms with Crippen molar-refractivity contribution < 1.29 is 0 Å². The van der Waals surface area contributed by atoms with Gasteiger partial charge in [-0.25, -0.2) is 0 Å². The zero-order valence-electron chi connectivity index (χ0n) is 12.2. The van der Waals surface area contributed by atoms with Crippen molar-refractivity contribution in [1.82, 2.24) is 0 Å². The topological polar surface area (TPSA) is 52.0 Å². The smallest absolute Gasteiger partial charge is 0.0386 e. The molecule has 0 radical (unpaired) electrons. The van der Waals surface area contributed by atoms with Gasteiger partial charge in [0.15, 0.2) is 0 Å². The maximum atomic E-state index is 4.00. The van der Waals surface area contributed by atoms with E-state index in [-0.39, 0.29) is 0 Å². The Morgan fingerprint density at radius 1 is 0.389 bits per heavy atom. The maximum absolute atomic E-state index is 4.00. The van der Waals surface area contributed by atoms with E-state index in [0.717, 1.165) is 11.8 Å². The quantitative estimate of drug-likeness (QED) is 0.533. The molecular weight excluding hydrogens is 220 g/mol. The average Bonchev–Trinajstić information content (AvgIpc) is 2.32. The molecule has 2 aliphatic rings. The molecule has 2 heteroatoms. The van der Waals surface area contributed by atoms with Crippen molar-refractivity contribution in [2.24, 2.45) is 23.5 Å². The molecule has 0 aromatic carbocycles. The summed E-state index contributed by atoms with van der Waals surface area (Å²) in [6.45, 7) is 0. The van der Waals surface area contributed by atoms with E-state index in [1.165, 1.54) is 64.2 Å². The Balaban J connectivity index is 0.000000771. The summed E-state index contributed by atoms with van der Waals surface area (Å²) < 4.78 is 0. The lowest BCUT2D eigenvalue weighted by Gasteiger charge is -2.30. The lowest BCUT2D eigenvalue weighted by molar-refractivity contribution is 0.221. The Kier molecular flexibility index (Phi) is 9.59. The van der Waals surface area contributed by atoms with E-state index in [2.05, 4.69) is 11.7 Å². The molecule has 2 saturated carbocycles. The first-order chi connectivity index (χ1) is 8.97. The zero-order chi connectivity index (χ0) is 13.1. The van der Waals surface area contributed by atoms with Crippen molar-refractivity contribution in [2.75, 3.05) is 0 Å². The zero-order valence-corrected chi connectivity index (χ0v) is 12.2. The molecule has 0 atom stereocenters. The molecule has 0 saturated heterocycles. The third kappa shape index (κ3) is 6.19. The normalized spacial score (nSPS) is 25.0. The highest BCUT2D eigenvalue weighted by Gasteiger charge is 2.22. The molecule has 2 rings (SSSR count). The van der Waals surface area contributed by atoms with Gasteiger partial charge in [-0.15, -0.1) is 0 Å². The monoisotopic (exact) mass is 254 g/mol. The van der Waals surface area contributed by atoms with Crippen molar-refractivity contribution in [1.29, 1.82) is 0 Å². The van der Waals surface area contributed by atoms with Crippen LogP contribution in [-0.2, 0) is 0 Å². The summed E-state index contributed by atoms with van der Waals surface area (Å²) >= 11 is 0. The molecule has 2 nitrogen and oxygen atoms in total. The van der Waals surface area contributed by atoms with Crippen molar-refractivity contribution in [3.8, 4) is 0 Å². The average molecular weight is 254 g/mol. The highest BCUT2D eigenvalue weighted by molar-refractivity contribution is 4.74. The lowest BCUT2D eigenvalue weighted by atomic mass is 9.76. The molecule has 0 amide bonds. The van der Waals surface area contributed by atoms with Gasteiger partial charge in [0.25, 0.3) is 0 Å². The van der Waals surface area contributed by atoms with Gasteiger partial charge in [-0.3, -0.25) is 11.7 Å². The van der Waals surface area contributed by atoms with E-state index in [4.69, 9.17) is 0 Å². The van der Waals surface area contributed by atoms with Gasteiger partial charge in [-0.1, -0.05) is 89.9 Å². The van der Waals surface area contributed by atoms with E-state index in [0.29, 0.717) is 0 Å². The fraction of sp³-hybridized carbons (Fsp3) is 1.00. The second kappa shape index (κ2) is 10.8. The van der Waals surface area contributed by atoms with Crippen LogP contribution < -0.4 is 11.7 Å². The van der Waals surface area contributed by atoms with Crippen LogP contribution in [-0.4, -0.2) is 0 Å². The van der Waals surface area contributed by atoms with E-state index < -0.39 is 0 Å². The van der Waals surface area contributed by atoms with E-state index in [1.807, 2.05) is 0 Å². The molecule has 2 fully saturated rings. The van der Waals surface area contributed by atoms with Gasteiger partial charge >= 0.3 is 0 Å². The second-order valence-electron chi connectivity index (χ2n) is 6.21. The summed E-state index contributed by atoms with van der Waals surface area (Å²) in [7, 11) is 0. The highest BCUT2D eigenvalue weighted by Crippen LogP contribution is 2.35. The summed E-state index contributed by atoms with van der Waals surface area (Å²) in [4.78, 5) is 0. The first-order valence-corrected chi connectivity index (χ1v) is 8.30. The second-order valence-corrected chi connectivity index (χ2v) is 6.21. The van der Waals surface area contributed by atoms with Crippen LogP contribution in [0.5, 0.6) is 0 Å². The Morgan fingerprint density at radius 2 is 0.611 bits per heavy atom. The van der Waals surface area contributed by atoms with Crippen LogP contribution in [0.1, 0.15) is 89.9 Å². The van der Waals surface area contributed by atoms with E-state index in [1.54, 1.807) is 25.7 Å². The summed E-state index contributed by atoms with van der Waals surface area (Å²) in [6.07, 6.45) is 21.4. The van der Waals surface area contributed by atoms with Gasteiger partial charge < -0.3 is 0 Å². The number of hydrogen-bond donors (Lipinski definition) is 2. The fourth-order valence-corrected chi connectivity index (χ4v) is 3.92. The Morgan fingerprint density at radius 3 is 0.889 bits per heavy atom. The molecule has 0 aromatic rings. The summed E-state index contributed by atoms with van der Waals surface area (Å²) in [6, 6.07) is 0. The number of hydrogen-bond acceptors (Lipinski definition) is 2. The molecule has 2 aliphatic carbocycles. The number of hydrazine groups is 1. The summed E-state index contributed by atoms with van der Waals surface area (Å²) in [5.41, 5.74) is 0. The van der Waals surface area contributed by atoms with E-state index >= 15 is 0 Å². The summed E-state index contributed by atoms with van der Waals surface area (Å²) in [5, 5.41) is 0. The van der Waals surface area contributed by atoms with Crippen molar-refractivity contribution in [2.45, 2.75) is 89.9 Å². The molecule has 0 unspecified atom stereocenters. The summed E-state index contributed by atoms with van der Waals surface area (Å²) in [5.74, 6) is 10.2. The van der Waals surface area contributed by atoms with Crippen LogP contribution in [0.2, 0.25) is 0 Å². The van der Waals surface area contributed by atoms with Crippen LogP contribution in [0.4, 0.5) is 0 Å². The standard InChI is InChI=1S/C16H30.H4N2/c1-3-7-11-15(12-8-4-1)16-13-9-5-2-6-10-14-16;1-2/h15-16H,1-14H2;1-2H2. The van der Waals surface area contributed by atoms with Crippen LogP contribution >= 0.6 is 0 Å². The maximum Gasteiger partial charge on any atom is -0.0386 e. The van der Waals surface area contributed by atoms with Gasteiger partial charge in [-0.05, 0) is 11.8 Å². The number of rotatable bonds is 1. The van der Waals surface area contributed by atoms with Crippen molar-refractivity contribution in [3.63, 3.8) is 0 Å². The van der Waals surface area contributed by atoms with Gasteiger partial charge in [0.1, 0.15) is 0 Å². The largest absolute Gasteiger partial charge is 0.274 e. The van der Waals surface area contributed by atoms with Crippen LogP contribution in [0.25, 0.3) is 0 Å². The SMILES string of the molecule is C1CCCC(C2CCCCCCC2)CCC1.NN. The van der Waals surface area contributed by atoms with Gasteiger partial charge in [-0.2, -0.15) is 0 Å². The minimum Gasteiger partial charge on any atom is -0.274 e. The lowest BCUT2D eigenvalue weighted by Crippen LogP contribution is -2.17. The van der Waals surface area contributed by atoms with E-state index in [9.17, 15) is 0 Å². The first-order valence-electron chi connectivity index (χ1n) is 8.30.